The molecule has 0 radical (unpaired) electrons. The minimum Gasteiger partial charge on any atom is -0.373 e. The van der Waals surface area contributed by atoms with Crippen molar-refractivity contribution >= 4 is 17.4 Å². The highest BCUT2D eigenvalue weighted by molar-refractivity contribution is 6.02. The molecule has 2 heterocycles. The molecule has 0 aliphatic carbocycles. The molecule has 0 bridgehead atoms. The molecular formula is C22H22N4O2. The van der Waals surface area contributed by atoms with E-state index in [1.165, 1.54) is 5.56 Å². The van der Waals surface area contributed by atoms with E-state index in [-0.39, 0.29) is 23.7 Å². The van der Waals surface area contributed by atoms with Crippen molar-refractivity contribution in [2.75, 3.05) is 17.2 Å². The highest BCUT2D eigenvalue weighted by atomic mass is 16.5. The van der Waals surface area contributed by atoms with Crippen LogP contribution >= 0.6 is 0 Å². The third kappa shape index (κ3) is 4.53. The van der Waals surface area contributed by atoms with E-state index < -0.39 is 0 Å². The Labute approximate surface area is 164 Å². The predicted molar refractivity (Wildman–Crippen MR) is 108 cm³/mol. The van der Waals surface area contributed by atoms with Crippen LogP contribution in [0.4, 0.5) is 11.5 Å². The average molecular weight is 374 g/mol. The Morgan fingerprint density at radius 1 is 0.929 bits per heavy atom. The molecule has 1 fully saturated rings. The Hall–Kier alpha value is -3.25. The van der Waals surface area contributed by atoms with Gasteiger partial charge in [0.15, 0.2) is 5.69 Å². The van der Waals surface area contributed by atoms with Crippen LogP contribution in [0, 0.1) is 0 Å². The van der Waals surface area contributed by atoms with Crippen molar-refractivity contribution in [2.24, 2.45) is 0 Å². The quantitative estimate of drug-likeness (QED) is 0.704. The fourth-order valence-corrected chi connectivity index (χ4v) is 3.28. The molecule has 4 rings (SSSR count). The van der Waals surface area contributed by atoms with Crippen molar-refractivity contribution in [3.05, 3.63) is 84.1 Å². The second-order valence-corrected chi connectivity index (χ2v) is 6.76. The van der Waals surface area contributed by atoms with Gasteiger partial charge in [-0.15, -0.1) is 10.2 Å². The molecule has 142 valence electrons. The molecule has 1 aliphatic heterocycles. The van der Waals surface area contributed by atoms with E-state index in [1.54, 1.807) is 12.1 Å². The van der Waals surface area contributed by atoms with Crippen molar-refractivity contribution in [1.82, 2.24) is 10.2 Å². The fourth-order valence-electron chi connectivity index (χ4n) is 3.28. The van der Waals surface area contributed by atoms with Gasteiger partial charge in [0, 0.05) is 18.3 Å². The monoisotopic (exact) mass is 374 g/mol. The van der Waals surface area contributed by atoms with Crippen LogP contribution in [0.2, 0.25) is 0 Å². The first kappa shape index (κ1) is 18.1. The van der Waals surface area contributed by atoms with Gasteiger partial charge in [-0.1, -0.05) is 48.5 Å². The largest absolute Gasteiger partial charge is 0.373 e. The molecule has 0 saturated carbocycles. The number of rotatable bonds is 5. The molecular weight excluding hydrogens is 352 g/mol. The fraction of sp³-hybridized carbons (Fsp3) is 0.227. The number of carbonyl (C=O) groups excluding carboxylic acids is 1. The second kappa shape index (κ2) is 8.63. The minimum atomic E-state index is -0.277. The lowest BCUT2D eigenvalue weighted by Crippen LogP contribution is -2.30. The summed E-state index contributed by atoms with van der Waals surface area (Å²) in [5.74, 6) is 0.385. The standard InChI is InChI=1S/C22H22N4O2/c27-22(24-17-9-5-2-6-10-17)19-11-12-21(26-25-19)23-18-13-14-28-20(15-18)16-7-3-1-4-8-16/h1-12,18,20H,13-15H2,(H,23,26)(H,24,27). The van der Waals surface area contributed by atoms with Crippen molar-refractivity contribution in [2.45, 2.75) is 25.0 Å². The maximum atomic E-state index is 12.3. The normalized spacial score (nSPS) is 19.0. The zero-order chi connectivity index (χ0) is 19.2. The average Bonchev–Trinajstić information content (AvgIpc) is 2.76. The molecule has 2 aromatic carbocycles. The summed E-state index contributed by atoms with van der Waals surface area (Å²) in [7, 11) is 0. The Morgan fingerprint density at radius 2 is 1.68 bits per heavy atom. The molecule has 2 N–H and O–H groups in total. The van der Waals surface area contributed by atoms with Gasteiger partial charge >= 0.3 is 0 Å². The maximum absolute atomic E-state index is 12.3. The van der Waals surface area contributed by atoms with E-state index >= 15 is 0 Å². The molecule has 1 saturated heterocycles. The third-order valence-corrected chi connectivity index (χ3v) is 4.74. The van der Waals surface area contributed by atoms with Gasteiger partial charge in [-0.2, -0.15) is 0 Å². The molecule has 3 aromatic rings. The van der Waals surface area contributed by atoms with E-state index in [1.807, 2.05) is 48.5 Å². The first-order chi connectivity index (χ1) is 13.8. The van der Waals surface area contributed by atoms with Gasteiger partial charge in [-0.05, 0) is 42.7 Å². The van der Waals surface area contributed by atoms with Gasteiger partial charge in [0.05, 0.1) is 6.10 Å². The Balaban J connectivity index is 1.36. The molecule has 6 nitrogen and oxygen atoms in total. The Morgan fingerprint density at radius 3 is 2.39 bits per heavy atom. The zero-order valence-corrected chi connectivity index (χ0v) is 15.4. The van der Waals surface area contributed by atoms with E-state index in [4.69, 9.17) is 4.74 Å². The number of anilines is 2. The van der Waals surface area contributed by atoms with Crippen LogP contribution in [0.3, 0.4) is 0 Å². The molecule has 1 aromatic heterocycles. The Bertz CT molecular complexity index is 901. The van der Waals surface area contributed by atoms with Crippen molar-refractivity contribution in [3.8, 4) is 0 Å². The van der Waals surface area contributed by atoms with Gasteiger partial charge in [-0.3, -0.25) is 4.79 Å². The summed E-state index contributed by atoms with van der Waals surface area (Å²) in [4.78, 5) is 12.3. The summed E-state index contributed by atoms with van der Waals surface area (Å²) in [5, 5.41) is 14.4. The number of aromatic nitrogens is 2. The number of nitrogens with one attached hydrogen (secondary N) is 2. The molecule has 1 amide bonds. The summed E-state index contributed by atoms with van der Waals surface area (Å²) in [6.45, 7) is 0.697. The maximum Gasteiger partial charge on any atom is 0.276 e. The predicted octanol–water partition coefficient (Wildman–Crippen LogP) is 4.06. The van der Waals surface area contributed by atoms with E-state index in [9.17, 15) is 4.79 Å². The number of carbonyl (C=O) groups is 1. The molecule has 2 unspecified atom stereocenters. The van der Waals surface area contributed by atoms with Crippen LogP contribution in [0.15, 0.2) is 72.8 Å². The highest BCUT2D eigenvalue weighted by Crippen LogP contribution is 2.29. The van der Waals surface area contributed by atoms with Gasteiger partial charge in [0.2, 0.25) is 0 Å². The number of amides is 1. The number of para-hydroxylation sites is 1. The summed E-state index contributed by atoms with van der Waals surface area (Å²) in [5.41, 5.74) is 2.20. The lowest BCUT2D eigenvalue weighted by Gasteiger charge is -2.30. The van der Waals surface area contributed by atoms with Gasteiger partial charge < -0.3 is 15.4 Å². The minimum absolute atomic E-state index is 0.0799. The molecule has 6 heteroatoms. The third-order valence-electron chi connectivity index (χ3n) is 4.74. The van der Waals surface area contributed by atoms with Crippen LogP contribution in [0.5, 0.6) is 0 Å². The molecule has 28 heavy (non-hydrogen) atoms. The van der Waals surface area contributed by atoms with Crippen LogP contribution in [-0.2, 0) is 4.74 Å². The number of ether oxygens (including phenoxy) is 1. The van der Waals surface area contributed by atoms with Crippen LogP contribution in [0.25, 0.3) is 0 Å². The number of benzene rings is 2. The van der Waals surface area contributed by atoms with Crippen molar-refractivity contribution in [3.63, 3.8) is 0 Å². The van der Waals surface area contributed by atoms with E-state index in [0.717, 1.165) is 18.5 Å². The first-order valence-corrected chi connectivity index (χ1v) is 9.41. The second-order valence-electron chi connectivity index (χ2n) is 6.76. The number of hydrogen-bond acceptors (Lipinski definition) is 5. The Kier molecular flexibility index (Phi) is 5.58. The summed E-state index contributed by atoms with van der Waals surface area (Å²) < 4.78 is 5.91. The van der Waals surface area contributed by atoms with Gasteiger partial charge in [0.1, 0.15) is 5.82 Å². The van der Waals surface area contributed by atoms with E-state index in [2.05, 4.69) is 33.0 Å². The molecule has 0 spiro atoms. The zero-order valence-electron chi connectivity index (χ0n) is 15.4. The highest BCUT2D eigenvalue weighted by Gasteiger charge is 2.24. The summed E-state index contributed by atoms with van der Waals surface area (Å²) in [6, 6.07) is 23.3. The van der Waals surface area contributed by atoms with Crippen LogP contribution in [-0.4, -0.2) is 28.8 Å². The van der Waals surface area contributed by atoms with Crippen molar-refractivity contribution in [1.29, 1.82) is 0 Å². The summed E-state index contributed by atoms with van der Waals surface area (Å²) in [6.07, 6.45) is 1.85. The van der Waals surface area contributed by atoms with Crippen LogP contribution < -0.4 is 10.6 Å². The topological polar surface area (TPSA) is 76.1 Å². The van der Waals surface area contributed by atoms with Gasteiger partial charge in [0.25, 0.3) is 5.91 Å². The number of nitrogens with zero attached hydrogens (tertiary/aromatic N) is 2. The van der Waals surface area contributed by atoms with E-state index in [0.29, 0.717) is 12.4 Å². The smallest absolute Gasteiger partial charge is 0.276 e. The lowest BCUT2D eigenvalue weighted by molar-refractivity contribution is 0.00973. The van der Waals surface area contributed by atoms with Crippen LogP contribution in [0.1, 0.15) is 35.0 Å². The number of hydrogen-bond donors (Lipinski definition) is 2. The lowest BCUT2D eigenvalue weighted by atomic mass is 9.97. The summed E-state index contributed by atoms with van der Waals surface area (Å²) >= 11 is 0. The SMILES string of the molecule is O=C(Nc1ccccc1)c1ccc(NC2CCOC(c3ccccc3)C2)nn1. The molecule has 2 atom stereocenters. The first-order valence-electron chi connectivity index (χ1n) is 9.41. The van der Waals surface area contributed by atoms with Gasteiger partial charge in [-0.25, -0.2) is 0 Å². The molecule has 1 aliphatic rings. The van der Waals surface area contributed by atoms with Crippen molar-refractivity contribution < 1.29 is 9.53 Å².